The van der Waals surface area contributed by atoms with E-state index < -0.39 is 5.43 Å². The van der Waals surface area contributed by atoms with Gasteiger partial charge in [-0.25, -0.2) is 0 Å². The average Bonchev–Trinajstić information content (AvgIpc) is 3.27. The second-order valence-corrected chi connectivity index (χ2v) is 9.34. The summed E-state index contributed by atoms with van der Waals surface area (Å²) in [5, 5.41) is 3.09. The fourth-order valence-electron chi connectivity index (χ4n) is 4.64. The highest BCUT2D eigenvalue weighted by atomic mass is 16.5. The molecule has 0 bridgehead atoms. The standard InChI is InChI=1S/C25H39N3O4/c1-3-4-14-27(2)25(31)22-18-28(16-20-13-10-15-32-20)17-21(23(22)29)24(30)26-19-11-8-6-5-7-9-12-19/h17-20H,3-16H2,1-2H3,(H,26,30). The van der Waals surface area contributed by atoms with Gasteiger partial charge in [-0.2, -0.15) is 0 Å². The van der Waals surface area contributed by atoms with Crippen LogP contribution in [0.15, 0.2) is 17.2 Å². The molecule has 7 heteroatoms. The predicted octanol–water partition coefficient (Wildman–Crippen LogP) is 3.74. The summed E-state index contributed by atoms with van der Waals surface area (Å²) >= 11 is 0. The molecule has 1 saturated heterocycles. The molecule has 1 aromatic rings. The number of hydrogen-bond donors (Lipinski definition) is 1. The van der Waals surface area contributed by atoms with Gasteiger partial charge in [-0.3, -0.25) is 14.4 Å². The molecule has 1 atom stereocenters. The minimum atomic E-state index is -0.481. The van der Waals surface area contributed by atoms with E-state index in [1.54, 1.807) is 28.9 Å². The van der Waals surface area contributed by atoms with Gasteiger partial charge in [-0.15, -0.1) is 0 Å². The largest absolute Gasteiger partial charge is 0.376 e. The molecule has 178 valence electrons. The number of nitrogens with one attached hydrogen (secondary N) is 1. The van der Waals surface area contributed by atoms with Crippen molar-refractivity contribution >= 4 is 11.8 Å². The maximum atomic E-state index is 13.2. The Balaban J connectivity index is 1.85. The summed E-state index contributed by atoms with van der Waals surface area (Å²) in [6.07, 6.45) is 14.7. The number of carbonyl (C=O) groups excluding carboxylic acids is 2. The number of nitrogens with zero attached hydrogens (tertiary/aromatic N) is 2. The normalized spacial score (nSPS) is 19.9. The molecule has 1 saturated carbocycles. The van der Waals surface area contributed by atoms with Crippen LogP contribution >= 0.6 is 0 Å². The first-order valence-corrected chi connectivity index (χ1v) is 12.4. The van der Waals surface area contributed by atoms with Gasteiger partial charge >= 0.3 is 0 Å². The van der Waals surface area contributed by atoms with Crippen LogP contribution in [0.2, 0.25) is 0 Å². The van der Waals surface area contributed by atoms with E-state index in [-0.39, 0.29) is 35.1 Å². The zero-order chi connectivity index (χ0) is 22.9. The molecule has 7 nitrogen and oxygen atoms in total. The number of unbranched alkanes of at least 4 members (excludes halogenated alkanes) is 1. The van der Waals surface area contributed by atoms with Crippen molar-refractivity contribution in [3.05, 3.63) is 33.7 Å². The smallest absolute Gasteiger partial charge is 0.259 e. The fraction of sp³-hybridized carbons (Fsp3) is 0.720. The fourth-order valence-corrected chi connectivity index (χ4v) is 4.64. The number of carbonyl (C=O) groups is 2. The van der Waals surface area contributed by atoms with Crippen molar-refractivity contribution in [3.8, 4) is 0 Å². The summed E-state index contributed by atoms with van der Waals surface area (Å²) in [4.78, 5) is 41.0. The van der Waals surface area contributed by atoms with Gasteiger partial charge in [0, 0.05) is 45.2 Å². The Bertz CT molecular complexity index is 821. The van der Waals surface area contributed by atoms with Crippen LogP contribution in [0.3, 0.4) is 0 Å². The van der Waals surface area contributed by atoms with E-state index in [1.807, 2.05) is 0 Å². The van der Waals surface area contributed by atoms with Crippen molar-refractivity contribution in [2.45, 2.75) is 96.2 Å². The summed E-state index contributed by atoms with van der Waals surface area (Å²) in [6.45, 7) is 3.90. The molecule has 1 aliphatic heterocycles. The molecule has 2 heterocycles. The Morgan fingerprint density at radius 1 is 1.06 bits per heavy atom. The molecule has 0 spiro atoms. The Labute approximate surface area is 191 Å². The topological polar surface area (TPSA) is 80.6 Å². The zero-order valence-corrected chi connectivity index (χ0v) is 19.7. The van der Waals surface area contributed by atoms with Crippen LogP contribution in [0.1, 0.15) is 98.3 Å². The van der Waals surface area contributed by atoms with Crippen molar-refractivity contribution in [1.29, 1.82) is 0 Å². The maximum absolute atomic E-state index is 13.2. The highest BCUT2D eigenvalue weighted by Crippen LogP contribution is 2.18. The van der Waals surface area contributed by atoms with E-state index >= 15 is 0 Å². The van der Waals surface area contributed by atoms with Crippen LogP contribution in [0.4, 0.5) is 0 Å². The molecular weight excluding hydrogens is 406 g/mol. The molecule has 2 aliphatic rings. The molecule has 2 fully saturated rings. The van der Waals surface area contributed by atoms with Crippen LogP contribution in [0.5, 0.6) is 0 Å². The van der Waals surface area contributed by atoms with Crippen molar-refractivity contribution in [2.75, 3.05) is 20.2 Å². The van der Waals surface area contributed by atoms with Crippen molar-refractivity contribution in [1.82, 2.24) is 14.8 Å². The van der Waals surface area contributed by atoms with Crippen LogP contribution in [-0.2, 0) is 11.3 Å². The summed E-state index contributed by atoms with van der Waals surface area (Å²) in [5.74, 6) is -0.697. The molecule has 2 amide bonds. The van der Waals surface area contributed by atoms with Gasteiger partial charge in [0.25, 0.3) is 11.8 Å². The summed E-state index contributed by atoms with van der Waals surface area (Å²) in [6, 6.07) is 0.0837. The Morgan fingerprint density at radius 2 is 1.75 bits per heavy atom. The van der Waals surface area contributed by atoms with Gasteiger partial charge in [-0.05, 0) is 32.1 Å². The highest BCUT2D eigenvalue weighted by Gasteiger charge is 2.25. The van der Waals surface area contributed by atoms with E-state index in [4.69, 9.17) is 4.74 Å². The number of hydrogen-bond acceptors (Lipinski definition) is 4. The summed E-state index contributed by atoms with van der Waals surface area (Å²) in [5.41, 5.74) is -0.364. The molecule has 32 heavy (non-hydrogen) atoms. The van der Waals surface area contributed by atoms with E-state index in [1.165, 1.54) is 19.3 Å². The van der Waals surface area contributed by atoms with E-state index in [0.717, 1.165) is 58.0 Å². The Morgan fingerprint density at radius 3 is 2.41 bits per heavy atom. The first-order chi connectivity index (χ1) is 15.5. The number of pyridine rings is 1. The van der Waals surface area contributed by atoms with Crippen LogP contribution in [0.25, 0.3) is 0 Å². The first kappa shape index (κ1) is 24.5. The van der Waals surface area contributed by atoms with E-state index in [9.17, 15) is 14.4 Å². The van der Waals surface area contributed by atoms with Gasteiger partial charge in [0.15, 0.2) is 0 Å². The third-order valence-corrected chi connectivity index (χ3v) is 6.63. The molecule has 1 unspecified atom stereocenters. The van der Waals surface area contributed by atoms with Gasteiger partial charge in [-0.1, -0.05) is 45.4 Å². The number of amides is 2. The minimum absolute atomic E-state index is 0.0415. The molecule has 1 aromatic heterocycles. The highest BCUT2D eigenvalue weighted by molar-refractivity contribution is 5.99. The van der Waals surface area contributed by atoms with E-state index in [0.29, 0.717) is 13.1 Å². The van der Waals surface area contributed by atoms with Gasteiger partial charge in [0.05, 0.1) is 6.10 Å². The molecule has 3 rings (SSSR count). The minimum Gasteiger partial charge on any atom is -0.376 e. The second kappa shape index (κ2) is 12.2. The molecular formula is C25H39N3O4. The quantitative estimate of drug-likeness (QED) is 0.661. The summed E-state index contributed by atoms with van der Waals surface area (Å²) < 4.78 is 7.54. The summed E-state index contributed by atoms with van der Waals surface area (Å²) in [7, 11) is 1.71. The molecule has 1 aliphatic carbocycles. The van der Waals surface area contributed by atoms with Gasteiger partial charge in [0.2, 0.25) is 5.43 Å². The average molecular weight is 446 g/mol. The van der Waals surface area contributed by atoms with Crippen LogP contribution in [0, 0.1) is 0 Å². The van der Waals surface area contributed by atoms with Crippen molar-refractivity contribution in [2.24, 2.45) is 0 Å². The van der Waals surface area contributed by atoms with E-state index in [2.05, 4.69) is 12.2 Å². The maximum Gasteiger partial charge on any atom is 0.259 e. The molecule has 0 radical (unpaired) electrons. The monoisotopic (exact) mass is 445 g/mol. The predicted molar refractivity (Wildman–Crippen MR) is 125 cm³/mol. The lowest BCUT2D eigenvalue weighted by Gasteiger charge is -2.22. The Kier molecular flexibility index (Phi) is 9.33. The Hall–Kier alpha value is -2.15. The number of rotatable bonds is 8. The van der Waals surface area contributed by atoms with Crippen molar-refractivity contribution < 1.29 is 14.3 Å². The SMILES string of the molecule is CCCCN(C)C(=O)c1cn(CC2CCCO2)cc(C(=O)NC2CCCCCCC2)c1=O. The zero-order valence-electron chi connectivity index (χ0n) is 19.7. The second-order valence-electron chi connectivity index (χ2n) is 9.34. The van der Waals surface area contributed by atoms with Gasteiger partial charge in [0.1, 0.15) is 11.1 Å². The van der Waals surface area contributed by atoms with Gasteiger partial charge < -0.3 is 19.5 Å². The molecule has 0 aromatic carbocycles. The van der Waals surface area contributed by atoms with Crippen LogP contribution < -0.4 is 10.7 Å². The third-order valence-electron chi connectivity index (χ3n) is 6.63. The number of aromatic nitrogens is 1. The number of ether oxygens (including phenoxy) is 1. The van der Waals surface area contributed by atoms with Crippen LogP contribution in [-0.4, -0.2) is 53.6 Å². The molecule has 1 N–H and O–H groups in total. The third kappa shape index (κ3) is 6.67. The lowest BCUT2D eigenvalue weighted by molar-refractivity contribution is 0.0787. The first-order valence-electron chi connectivity index (χ1n) is 12.4. The lowest BCUT2D eigenvalue weighted by Crippen LogP contribution is -2.40. The lowest BCUT2D eigenvalue weighted by atomic mass is 9.96. The van der Waals surface area contributed by atoms with Crippen molar-refractivity contribution in [3.63, 3.8) is 0 Å².